The summed E-state index contributed by atoms with van der Waals surface area (Å²) in [7, 11) is 0. The third kappa shape index (κ3) is 1.89. The minimum atomic E-state index is -0.823. The van der Waals surface area contributed by atoms with Crippen LogP contribution in [0, 0.1) is 0 Å². The monoisotopic (exact) mass is 215 g/mol. The van der Waals surface area contributed by atoms with Crippen molar-refractivity contribution < 1.29 is 9.90 Å². The molecule has 0 aliphatic carbocycles. The minimum absolute atomic E-state index is 0.0253. The fourth-order valence-corrected chi connectivity index (χ4v) is 1.90. The number of aliphatic carboxylic acids is 1. The zero-order valence-corrected chi connectivity index (χ0v) is 9.10. The van der Waals surface area contributed by atoms with Crippen LogP contribution in [0.2, 0.25) is 0 Å². The third-order valence-electron chi connectivity index (χ3n) is 2.64. The van der Waals surface area contributed by atoms with E-state index in [0.29, 0.717) is 0 Å². The summed E-state index contributed by atoms with van der Waals surface area (Å²) < 4.78 is 0. The van der Waals surface area contributed by atoms with E-state index in [2.05, 4.69) is 4.98 Å². The topological polar surface area (TPSA) is 50.2 Å². The number of hydrogen-bond acceptors (Lipinski definition) is 2. The molecule has 0 saturated heterocycles. The molecular formula is C13H13NO2. The number of fused-ring (bicyclic) bond motifs is 1. The Morgan fingerprint density at radius 3 is 2.62 bits per heavy atom. The molecule has 0 unspecified atom stereocenters. The number of carboxylic acids is 1. The number of rotatable bonds is 3. The van der Waals surface area contributed by atoms with Gasteiger partial charge in [0.25, 0.3) is 0 Å². The van der Waals surface area contributed by atoms with Gasteiger partial charge >= 0.3 is 5.97 Å². The Hall–Kier alpha value is -1.90. The molecule has 1 aromatic carbocycles. The molecule has 1 aromatic heterocycles. The van der Waals surface area contributed by atoms with Gasteiger partial charge in [0, 0.05) is 17.3 Å². The lowest BCUT2D eigenvalue weighted by atomic mass is 10.0. The molecular weight excluding hydrogens is 202 g/mol. The Kier molecular flexibility index (Phi) is 2.86. The molecule has 2 aromatic rings. The van der Waals surface area contributed by atoms with Gasteiger partial charge in [-0.15, -0.1) is 0 Å². The van der Waals surface area contributed by atoms with Crippen molar-refractivity contribution in [2.24, 2.45) is 0 Å². The number of aryl methyl sites for hydroxylation is 1. The maximum absolute atomic E-state index is 10.7. The molecule has 0 atom stereocenters. The maximum Gasteiger partial charge on any atom is 0.307 e. The maximum atomic E-state index is 10.7. The normalized spacial score (nSPS) is 10.6. The van der Waals surface area contributed by atoms with E-state index >= 15 is 0 Å². The second kappa shape index (κ2) is 4.31. The summed E-state index contributed by atoms with van der Waals surface area (Å²) in [5, 5.41) is 10.9. The molecule has 3 heteroatoms. The molecule has 16 heavy (non-hydrogen) atoms. The van der Waals surface area contributed by atoms with Crippen molar-refractivity contribution in [2.45, 2.75) is 19.8 Å². The summed E-state index contributed by atoms with van der Waals surface area (Å²) in [6.45, 7) is 2.05. The van der Waals surface area contributed by atoms with Crippen LogP contribution in [-0.4, -0.2) is 16.1 Å². The fraction of sp³-hybridized carbons (Fsp3) is 0.231. The molecule has 0 bridgehead atoms. The van der Waals surface area contributed by atoms with Gasteiger partial charge in [-0.3, -0.25) is 9.78 Å². The number of carboxylic acid groups (broad SMARTS) is 1. The van der Waals surface area contributed by atoms with Crippen LogP contribution in [0.25, 0.3) is 10.8 Å². The standard InChI is InChI=1S/C13H13NO2/c1-2-12-11-6-4-3-5-10(11)9(8-14-12)7-13(15)16/h3-6,8H,2,7H2,1H3,(H,15,16). The molecule has 0 saturated carbocycles. The first-order chi connectivity index (χ1) is 7.72. The van der Waals surface area contributed by atoms with Crippen LogP contribution >= 0.6 is 0 Å². The quantitative estimate of drug-likeness (QED) is 0.855. The highest BCUT2D eigenvalue weighted by atomic mass is 16.4. The molecule has 0 spiro atoms. The van der Waals surface area contributed by atoms with Crippen molar-refractivity contribution in [3.8, 4) is 0 Å². The zero-order valence-electron chi connectivity index (χ0n) is 9.10. The lowest BCUT2D eigenvalue weighted by Gasteiger charge is -2.07. The van der Waals surface area contributed by atoms with E-state index in [-0.39, 0.29) is 6.42 Å². The highest BCUT2D eigenvalue weighted by Crippen LogP contribution is 2.21. The molecule has 0 radical (unpaired) electrons. The van der Waals surface area contributed by atoms with E-state index in [0.717, 1.165) is 28.5 Å². The van der Waals surface area contributed by atoms with Crippen LogP contribution in [0.5, 0.6) is 0 Å². The molecule has 1 N–H and O–H groups in total. The second-order valence-electron chi connectivity index (χ2n) is 3.70. The van der Waals surface area contributed by atoms with Crippen LogP contribution in [0.1, 0.15) is 18.2 Å². The van der Waals surface area contributed by atoms with Gasteiger partial charge < -0.3 is 5.11 Å². The van der Waals surface area contributed by atoms with E-state index in [9.17, 15) is 4.79 Å². The van der Waals surface area contributed by atoms with Crippen molar-refractivity contribution in [3.63, 3.8) is 0 Å². The van der Waals surface area contributed by atoms with Crippen LogP contribution in [0.15, 0.2) is 30.5 Å². The van der Waals surface area contributed by atoms with E-state index in [1.165, 1.54) is 0 Å². The Labute approximate surface area is 93.7 Å². The smallest absolute Gasteiger partial charge is 0.307 e. The van der Waals surface area contributed by atoms with Crippen LogP contribution in [0.3, 0.4) is 0 Å². The summed E-state index contributed by atoms with van der Waals surface area (Å²) in [4.78, 5) is 15.1. The van der Waals surface area contributed by atoms with Gasteiger partial charge in [0.2, 0.25) is 0 Å². The first-order valence-electron chi connectivity index (χ1n) is 5.29. The number of hydrogen-bond donors (Lipinski definition) is 1. The average molecular weight is 215 g/mol. The van der Waals surface area contributed by atoms with Gasteiger partial charge in [-0.1, -0.05) is 31.2 Å². The summed E-state index contributed by atoms with van der Waals surface area (Å²) >= 11 is 0. The predicted octanol–water partition coefficient (Wildman–Crippen LogP) is 2.42. The Morgan fingerprint density at radius 2 is 2.00 bits per heavy atom. The van der Waals surface area contributed by atoms with Crippen molar-refractivity contribution in [1.82, 2.24) is 4.98 Å². The van der Waals surface area contributed by atoms with Crippen LogP contribution in [0.4, 0.5) is 0 Å². The second-order valence-corrected chi connectivity index (χ2v) is 3.70. The molecule has 0 aliphatic heterocycles. The van der Waals surface area contributed by atoms with Gasteiger partial charge in [-0.05, 0) is 17.4 Å². The van der Waals surface area contributed by atoms with E-state index in [1.54, 1.807) is 6.20 Å². The van der Waals surface area contributed by atoms with Gasteiger partial charge in [-0.25, -0.2) is 0 Å². The van der Waals surface area contributed by atoms with Gasteiger partial charge in [0.15, 0.2) is 0 Å². The molecule has 0 fully saturated rings. The minimum Gasteiger partial charge on any atom is -0.481 e. The largest absolute Gasteiger partial charge is 0.481 e. The number of aromatic nitrogens is 1. The molecule has 0 aliphatic rings. The van der Waals surface area contributed by atoms with Gasteiger partial charge in [0.1, 0.15) is 0 Å². The van der Waals surface area contributed by atoms with Crippen LogP contribution < -0.4 is 0 Å². The highest BCUT2D eigenvalue weighted by Gasteiger charge is 2.08. The Balaban J connectivity index is 2.64. The number of carbonyl (C=O) groups is 1. The van der Waals surface area contributed by atoms with E-state index in [4.69, 9.17) is 5.11 Å². The summed E-state index contributed by atoms with van der Waals surface area (Å²) in [5.41, 5.74) is 1.80. The van der Waals surface area contributed by atoms with Gasteiger partial charge in [0.05, 0.1) is 6.42 Å². The van der Waals surface area contributed by atoms with Crippen molar-refractivity contribution in [2.75, 3.05) is 0 Å². The van der Waals surface area contributed by atoms with Gasteiger partial charge in [-0.2, -0.15) is 0 Å². The number of benzene rings is 1. The molecule has 82 valence electrons. The highest BCUT2D eigenvalue weighted by molar-refractivity contribution is 5.89. The molecule has 2 rings (SSSR count). The molecule has 0 amide bonds. The van der Waals surface area contributed by atoms with E-state index < -0.39 is 5.97 Å². The Morgan fingerprint density at radius 1 is 1.31 bits per heavy atom. The third-order valence-corrected chi connectivity index (χ3v) is 2.64. The zero-order chi connectivity index (χ0) is 11.5. The first kappa shape index (κ1) is 10.6. The van der Waals surface area contributed by atoms with Crippen LogP contribution in [-0.2, 0) is 17.6 Å². The predicted molar refractivity (Wildman–Crippen MR) is 62.5 cm³/mol. The summed E-state index contributed by atoms with van der Waals surface area (Å²) in [6, 6.07) is 7.82. The average Bonchev–Trinajstić information content (AvgIpc) is 2.29. The summed E-state index contributed by atoms with van der Waals surface area (Å²) in [5.74, 6) is -0.823. The molecule has 3 nitrogen and oxygen atoms in total. The SMILES string of the molecule is CCc1ncc(CC(=O)O)c2ccccc12. The van der Waals surface area contributed by atoms with Crippen molar-refractivity contribution >= 4 is 16.7 Å². The number of pyridine rings is 1. The fourth-order valence-electron chi connectivity index (χ4n) is 1.90. The van der Waals surface area contributed by atoms with Crippen molar-refractivity contribution in [1.29, 1.82) is 0 Å². The Bertz CT molecular complexity index is 534. The number of nitrogens with zero attached hydrogens (tertiary/aromatic N) is 1. The van der Waals surface area contributed by atoms with E-state index in [1.807, 2.05) is 31.2 Å². The lowest BCUT2D eigenvalue weighted by Crippen LogP contribution is -2.02. The summed E-state index contributed by atoms with van der Waals surface area (Å²) in [6.07, 6.45) is 2.56. The van der Waals surface area contributed by atoms with Crippen molar-refractivity contribution in [3.05, 3.63) is 41.7 Å². The molecule has 1 heterocycles. The lowest BCUT2D eigenvalue weighted by molar-refractivity contribution is -0.136. The first-order valence-corrected chi connectivity index (χ1v) is 5.29.